The van der Waals surface area contributed by atoms with Crippen LogP contribution in [0.3, 0.4) is 0 Å². The van der Waals surface area contributed by atoms with Crippen LogP contribution >= 0.6 is 0 Å². The van der Waals surface area contributed by atoms with Crippen molar-refractivity contribution in [2.75, 3.05) is 13.7 Å². The molecule has 1 saturated heterocycles. The zero-order valence-corrected chi connectivity index (χ0v) is 14.0. The van der Waals surface area contributed by atoms with Gasteiger partial charge in [0.15, 0.2) is 0 Å². The molecule has 3 amide bonds. The molecule has 8 nitrogen and oxygen atoms in total. The number of rotatable bonds is 5. The Hall–Kier alpha value is -2.90. The Morgan fingerprint density at radius 3 is 2.46 bits per heavy atom. The van der Waals surface area contributed by atoms with E-state index in [1.54, 1.807) is 37.4 Å². The van der Waals surface area contributed by atoms with Crippen molar-refractivity contribution < 1.29 is 24.1 Å². The van der Waals surface area contributed by atoms with E-state index in [4.69, 9.17) is 9.68 Å². The number of hydroxylamine groups is 2. The maximum Gasteiger partial charge on any atom is 0.361 e. The van der Waals surface area contributed by atoms with Crippen molar-refractivity contribution >= 4 is 24.1 Å². The highest BCUT2D eigenvalue weighted by Crippen LogP contribution is 2.36. The van der Waals surface area contributed by atoms with Crippen LogP contribution in [0.1, 0.15) is 31.9 Å². The number of imide groups is 1. The van der Waals surface area contributed by atoms with E-state index in [0.29, 0.717) is 17.2 Å². The number of carbonyl (C=O) groups excluding carboxylic acids is 3. The van der Waals surface area contributed by atoms with Crippen LogP contribution in [0.25, 0.3) is 0 Å². The molecule has 1 aliphatic rings. The maximum atomic E-state index is 12.6. The molecule has 1 aliphatic heterocycles. The number of hydrogen-bond acceptors (Lipinski definition) is 6. The van der Waals surface area contributed by atoms with E-state index < -0.39 is 23.4 Å². The minimum absolute atomic E-state index is 0.472. The van der Waals surface area contributed by atoms with Gasteiger partial charge >= 0.3 is 12.0 Å². The molecule has 1 unspecified atom stereocenters. The van der Waals surface area contributed by atoms with Crippen molar-refractivity contribution in [2.45, 2.75) is 26.3 Å². The number of likely N-dealkylation sites (N-methyl/N-ethyl adjacent to an activating group) is 1. The Morgan fingerprint density at radius 2 is 1.92 bits per heavy atom. The van der Waals surface area contributed by atoms with Crippen molar-refractivity contribution in [3.05, 3.63) is 35.4 Å². The van der Waals surface area contributed by atoms with E-state index in [-0.39, 0.29) is 0 Å². The van der Waals surface area contributed by atoms with Crippen LogP contribution in [-0.2, 0) is 24.8 Å². The zero-order chi connectivity index (χ0) is 17.9. The van der Waals surface area contributed by atoms with Gasteiger partial charge in [-0.2, -0.15) is 0 Å². The third-order valence-corrected chi connectivity index (χ3v) is 3.83. The quantitative estimate of drug-likeness (QED) is 0.464. The van der Waals surface area contributed by atoms with Gasteiger partial charge in [0.25, 0.3) is 5.91 Å². The Bertz CT molecular complexity index is 685. The van der Waals surface area contributed by atoms with Crippen molar-refractivity contribution in [1.82, 2.24) is 9.96 Å². The van der Waals surface area contributed by atoms with Crippen LogP contribution in [0, 0.1) is 0 Å². The van der Waals surface area contributed by atoms with Crippen molar-refractivity contribution in [3.8, 4) is 0 Å². The largest absolute Gasteiger partial charge is 0.396 e. The van der Waals surface area contributed by atoms with Gasteiger partial charge in [0, 0.05) is 14.0 Å². The molecule has 0 radical (unpaired) electrons. The maximum absolute atomic E-state index is 12.6. The molecular formula is C16H19N3O5. The highest BCUT2D eigenvalue weighted by atomic mass is 16.7. The van der Waals surface area contributed by atoms with Crippen LogP contribution in [0.5, 0.6) is 0 Å². The van der Waals surface area contributed by atoms with Gasteiger partial charge in [-0.3, -0.25) is 4.79 Å². The van der Waals surface area contributed by atoms with E-state index in [0.717, 1.165) is 12.5 Å². The van der Waals surface area contributed by atoms with Crippen molar-refractivity contribution in [3.63, 3.8) is 0 Å². The number of oxime groups is 1. The summed E-state index contributed by atoms with van der Waals surface area (Å²) in [4.78, 5) is 46.8. The molecular weight excluding hydrogens is 314 g/mol. The summed E-state index contributed by atoms with van der Waals surface area (Å²) in [6, 6.07) is 6.24. The van der Waals surface area contributed by atoms with Crippen LogP contribution in [0.2, 0.25) is 0 Å². The third kappa shape index (κ3) is 2.94. The predicted octanol–water partition coefficient (Wildman–Crippen LogP) is 1.64. The lowest BCUT2D eigenvalue weighted by molar-refractivity contribution is -0.182. The lowest BCUT2D eigenvalue weighted by atomic mass is 9.90. The van der Waals surface area contributed by atoms with Crippen LogP contribution < -0.4 is 0 Å². The van der Waals surface area contributed by atoms with Gasteiger partial charge in [0.2, 0.25) is 0 Å². The lowest BCUT2D eigenvalue weighted by Gasteiger charge is -2.28. The standard InChI is InChI=1S/C16H19N3O5/c1-5-23-17-10-12-6-8-13(9-7-12)16(3)14(21)19(24-11(2)20)15(22)18(16)4/h6-10H,5H2,1-4H3/b17-10+. The summed E-state index contributed by atoms with van der Waals surface area (Å²) in [6.07, 6.45) is 1.55. The Balaban J connectivity index is 2.30. The molecule has 24 heavy (non-hydrogen) atoms. The van der Waals surface area contributed by atoms with E-state index in [1.807, 2.05) is 6.92 Å². The number of carbonyl (C=O) groups is 3. The molecule has 0 spiro atoms. The fourth-order valence-corrected chi connectivity index (χ4v) is 2.35. The van der Waals surface area contributed by atoms with Gasteiger partial charge < -0.3 is 14.6 Å². The molecule has 128 valence electrons. The number of amides is 3. The summed E-state index contributed by atoms with van der Waals surface area (Å²) in [5, 5.41) is 4.26. The second-order valence-electron chi connectivity index (χ2n) is 5.37. The molecule has 1 heterocycles. The van der Waals surface area contributed by atoms with Crippen molar-refractivity contribution in [1.29, 1.82) is 0 Å². The first-order valence-corrected chi connectivity index (χ1v) is 7.39. The first-order valence-electron chi connectivity index (χ1n) is 7.39. The number of urea groups is 1. The highest BCUT2D eigenvalue weighted by molar-refractivity contribution is 6.06. The minimum Gasteiger partial charge on any atom is -0.396 e. The van der Waals surface area contributed by atoms with E-state index in [9.17, 15) is 14.4 Å². The minimum atomic E-state index is -1.26. The van der Waals surface area contributed by atoms with Gasteiger partial charge in [-0.1, -0.05) is 34.5 Å². The SMILES string of the molecule is CCO/N=C/c1ccc(C2(C)C(=O)N(OC(C)=O)C(=O)N2C)cc1. The second-order valence-corrected chi connectivity index (χ2v) is 5.37. The van der Waals surface area contributed by atoms with Gasteiger partial charge in [-0.15, -0.1) is 0 Å². The normalized spacial score (nSPS) is 20.8. The smallest absolute Gasteiger partial charge is 0.361 e. The van der Waals surface area contributed by atoms with Gasteiger partial charge in [-0.05, 0) is 25.0 Å². The summed E-state index contributed by atoms with van der Waals surface area (Å²) in [7, 11) is 1.48. The molecule has 1 aromatic carbocycles. The van der Waals surface area contributed by atoms with E-state index in [1.165, 1.54) is 11.9 Å². The molecule has 1 fully saturated rings. The van der Waals surface area contributed by atoms with Crippen LogP contribution in [0.15, 0.2) is 29.4 Å². The van der Waals surface area contributed by atoms with E-state index >= 15 is 0 Å². The molecule has 0 N–H and O–H groups in total. The predicted molar refractivity (Wildman–Crippen MR) is 84.8 cm³/mol. The van der Waals surface area contributed by atoms with Crippen LogP contribution in [0.4, 0.5) is 4.79 Å². The summed E-state index contributed by atoms with van der Waals surface area (Å²) in [5.74, 6) is -1.36. The topological polar surface area (TPSA) is 88.5 Å². The molecule has 0 saturated carbocycles. The molecule has 1 atom stereocenters. The first-order chi connectivity index (χ1) is 11.3. The van der Waals surface area contributed by atoms with Gasteiger partial charge in [-0.25, -0.2) is 9.59 Å². The lowest BCUT2D eigenvalue weighted by Crippen LogP contribution is -2.42. The Labute approximate surface area is 139 Å². The number of hydrogen-bond donors (Lipinski definition) is 0. The van der Waals surface area contributed by atoms with Crippen LogP contribution in [-0.4, -0.2) is 47.7 Å². The number of benzene rings is 1. The molecule has 0 bridgehead atoms. The molecule has 0 aliphatic carbocycles. The highest BCUT2D eigenvalue weighted by Gasteiger charge is 2.55. The Morgan fingerprint density at radius 1 is 1.29 bits per heavy atom. The number of nitrogens with zero attached hydrogens (tertiary/aromatic N) is 3. The summed E-state index contributed by atoms with van der Waals surface area (Å²) >= 11 is 0. The Kier molecular flexibility index (Phi) is 4.87. The summed E-state index contributed by atoms with van der Waals surface area (Å²) < 4.78 is 0. The third-order valence-electron chi connectivity index (χ3n) is 3.83. The molecule has 8 heteroatoms. The fourth-order valence-electron chi connectivity index (χ4n) is 2.35. The van der Waals surface area contributed by atoms with Crippen molar-refractivity contribution in [2.24, 2.45) is 5.16 Å². The fraction of sp³-hybridized carbons (Fsp3) is 0.375. The van der Waals surface area contributed by atoms with Gasteiger partial charge in [0.05, 0.1) is 6.21 Å². The molecule has 2 rings (SSSR count). The molecule has 1 aromatic rings. The monoisotopic (exact) mass is 333 g/mol. The average molecular weight is 333 g/mol. The summed E-state index contributed by atoms with van der Waals surface area (Å²) in [6.45, 7) is 5.03. The average Bonchev–Trinajstić information content (AvgIpc) is 2.72. The zero-order valence-electron chi connectivity index (χ0n) is 14.0. The van der Waals surface area contributed by atoms with E-state index in [2.05, 4.69) is 5.16 Å². The first kappa shape index (κ1) is 17.5. The summed E-state index contributed by atoms with van der Waals surface area (Å²) in [5.41, 5.74) is 0.112. The second kappa shape index (κ2) is 6.69. The van der Waals surface area contributed by atoms with Gasteiger partial charge in [0.1, 0.15) is 12.1 Å². The molecule has 0 aromatic heterocycles.